The highest BCUT2D eigenvalue weighted by Gasteiger charge is 2.63. The molecule has 0 heterocycles. The molecule has 0 saturated heterocycles. The van der Waals surface area contributed by atoms with E-state index >= 15 is 0 Å². The maximum atomic E-state index is 14.2. The van der Waals surface area contributed by atoms with Gasteiger partial charge in [0.05, 0.1) is 6.61 Å². The quantitative estimate of drug-likeness (QED) is 0.529. The second kappa shape index (κ2) is 11.2. The SMILES string of the molecule is CO[C@@](C(=O)N[C@@H](COCC(=O)OC(C)(C)C)C(=O)OC(C)(C)C)(c1ccccc1)C(F)(F)F. The lowest BCUT2D eigenvalue weighted by Gasteiger charge is -2.34. The van der Waals surface area contributed by atoms with E-state index < -0.39 is 65.6 Å². The number of carbonyl (C=O) groups is 3. The summed E-state index contributed by atoms with van der Waals surface area (Å²) in [5.41, 5.74) is -5.69. The number of amides is 1. The van der Waals surface area contributed by atoms with Crippen molar-refractivity contribution in [2.75, 3.05) is 20.3 Å². The topological polar surface area (TPSA) is 100 Å². The summed E-state index contributed by atoms with van der Waals surface area (Å²) in [6, 6.07) is 4.60. The number of ether oxygens (including phenoxy) is 4. The van der Waals surface area contributed by atoms with Crippen molar-refractivity contribution in [3.63, 3.8) is 0 Å². The van der Waals surface area contributed by atoms with E-state index in [9.17, 15) is 27.6 Å². The lowest BCUT2D eigenvalue weighted by atomic mass is 9.91. The summed E-state index contributed by atoms with van der Waals surface area (Å²) in [5.74, 6) is -3.46. The fraction of sp³-hybridized carbons (Fsp3) is 0.609. The molecule has 0 aromatic heterocycles. The van der Waals surface area contributed by atoms with Gasteiger partial charge in [-0.3, -0.25) is 4.79 Å². The summed E-state index contributed by atoms with van der Waals surface area (Å²) in [7, 11) is 0.738. The fourth-order valence-corrected chi connectivity index (χ4v) is 2.86. The van der Waals surface area contributed by atoms with Crippen LogP contribution in [0.1, 0.15) is 47.1 Å². The van der Waals surface area contributed by atoms with Gasteiger partial charge in [0.1, 0.15) is 17.8 Å². The Kier molecular flexibility index (Phi) is 9.66. The minimum atomic E-state index is -5.18. The third kappa shape index (κ3) is 8.28. The van der Waals surface area contributed by atoms with Gasteiger partial charge >= 0.3 is 18.1 Å². The van der Waals surface area contributed by atoms with Gasteiger partial charge in [-0.1, -0.05) is 30.3 Å². The number of alkyl halides is 3. The Hall–Kier alpha value is -2.66. The first-order chi connectivity index (χ1) is 15.4. The Bertz CT molecular complexity index is 845. The van der Waals surface area contributed by atoms with E-state index in [1.165, 1.54) is 18.2 Å². The molecule has 192 valence electrons. The van der Waals surface area contributed by atoms with Crippen molar-refractivity contribution in [3.05, 3.63) is 35.9 Å². The molecule has 1 amide bonds. The summed E-state index contributed by atoms with van der Waals surface area (Å²) in [6.45, 7) is 8.31. The van der Waals surface area contributed by atoms with Crippen molar-refractivity contribution in [1.29, 1.82) is 0 Å². The van der Waals surface area contributed by atoms with Gasteiger partial charge in [-0.2, -0.15) is 13.2 Å². The Balaban J connectivity index is 3.19. The predicted molar refractivity (Wildman–Crippen MR) is 116 cm³/mol. The summed E-state index contributed by atoms with van der Waals surface area (Å²) in [4.78, 5) is 37.5. The standard InChI is InChI=1S/C23H32F3NO7/c1-20(2,3)33-17(28)14-32-13-16(18(29)34-21(4,5)6)27-19(30)22(31-7,23(24,25)26)15-11-9-8-10-12-15/h8-12,16H,13-14H2,1-7H3,(H,27,30)/t16-,22+/m0/s1. The van der Waals surface area contributed by atoms with Gasteiger partial charge in [-0.05, 0) is 41.5 Å². The molecule has 1 aromatic rings. The number of halogens is 3. The van der Waals surface area contributed by atoms with Crippen molar-refractivity contribution in [1.82, 2.24) is 5.32 Å². The molecule has 34 heavy (non-hydrogen) atoms. The van der Waals surface area contributed by atoms with Crippen LogP contribution in [0.2, 0.25) is 0 Å². The Morgan fingerprint density at radius 2 is 1.44 bits per heavy atom. The monoisotopic (exact) mass is 491 g/mol. The molecular weight excluding hydrogens is 459 g/mol. The van der Waals surface area contributed by atoms with Gasteiger partial charge in [0.15, 0.2) is 6.04 Å². The van der Waals surface area contributed by atoms with Gasteiger partial charge in [-0.15, -0.1) is 0 Å². The Morgan fingerprint density at radius 3 is 1.88 bits per heavy atom. The molecule has 1 rings (SSSR count). The van der Waals surface area contributed by atoms with Crippen LogP contribution < -0.4 is 5.32 Å². The number of rotatable bonds is 9. The predicted octanol–water partition coefficient (Wildman–Crippen LogP) is 3.28. The highest BCUT2D eigenvalue weighted by molar-refractivity contribution is 5.91. The lowest BCUT2D eigenvalue weighted by Crippen LogP contribution is -2.59. The summed E-state index contributed by atoms with van der Waals surface area (Å²) in [6.07, 6.45) is -5.18. The molecule has 0 aliphatic rings. The number of hydrogen-bond acceptors (Lipinski definition) is 7. The van der Waals surface area contributed by atoms with Crippen LogP contribution in [0, 0.1) is 0 Å². The maximum Gasteiger partial charge on any atom is 0.430 e. The van der Waals surface area contributed by atoms with Crippen LogP contribution in [-0.2, 0) is 38.9 Å². The molecule has 0 radical (unpaired) electrons. The van der Waals surface area contributed by atoms with Gasteiger partial charge in [0.25, 0.3) is 11.5 Å². The van der Waals surface area contributed by atoms with E-state index in [4.69, 9.17) is 18.9 Å². The molecule has 0 aliphatic heterocycles. The Morgan fingerprint density at radius 1 is 0.912 bits per heavy atom. The average molecular weight is 492 g/mol. The molecule has 8 nitrogen and oxygen atoms in total. The number of nitrogens with one attached hydrogen (secondary N) is 1. The van der Waals surface area contributed by atoms with Crippen molar-refractivity contribution >= 4 is 17.8 Å². The van der Waals surface area contributed by atoms with E-state index in [0.717, 1.165) is 19.2 Å². The number of carbonyl (C=O) groups excluding carboxylic acids is 3. The molecule has 2 atom stereocenters. The fourth-order valence-electron chi connectivity index (χ4n) is 2.86. The van der Waals surface area contributed by atoms with Crippen molar-refractivity contribution in [2.45, 2.75) is 70.6 Å². The summed E-state index contributed by atoms with van der Waals surface area (Å²) >= 11 is 0. The van der Waals surface area contributed by atoms with Crippen LogP contribution in [0.3, 0.4) is 0 Å². The van der Waals surface area contributed by atoms with Crippen LogP contribution in [-0.4, -0.2) is 61.6 Å². The number of esters is 2. The maximum absolute atomic E-state index is 14.2. The zero-order valence-electron chi connectivity index (χ0n) is 20.4. The molecule has 0 unspecified atom stereocenters. The highest BCUT2D eigenvalue weighted by Crippen LogP contribution is 2.42. The van der Waals surface area contributed by atoms with Crippen molar-refractivity contribution in [3.8, 4) is 0 Å². The smallest absolute Gasteiger partial charge is 0.430 e. The molecule has 1 N–H and O–H groups in total. The van der Waals surface area contributed by atoms with E-state index in [-0.39, 0.29) is 0 Å². The largest absolute Gasteiger partial charge is 0.458 e. The molecule has 1 aromatic carbocycles. The summed E-state index contributed by atoms with van der Waals surface area (Å²) < 4.78 is 62.6. The van der Waals surface area contributed by atoms with Crippen molar-refractivity contribution < 1.29 is 46.5 Å². The molecule has 0 spiro atoms. The minimum Gasteiger partial charge on any atom is -0.458 e. The van der Waals surface area contributed by atoms with Crippen LogP contribution >= 0.6 is 0 Å². The molecule has 0 aliphatic carbocycles. The Labute approximate surface area is 197 Å². The van der Waals surface area contributed by atoms with Crippen LogP contribution in [0.5, 0.6) is 0 Å². The molecule has 0 saturated carbocycles. The van der Waals surface area contributed by atoms with Gasteiger partial charge in [0, 0.05) is 12.7 Å². The lowest BCUT2D eigenvalue weighted by molar-refractivity contribution is -0.266. The molecule has 0 fully saturated rings. The number of hydrogen-bond donors (Lipinski definition) is 1. The van der Waals surface area contributed by atoms with E-state index in [2.05, 4.69) is 0 Å². The second-order valence-corrected chi connectivity index (χ2v) is 9.41. The minimum absolute atomic E-state index is 0.486. The van der Waals surface area contributed by atoms with E-state index in [1.54, 1.807) is 41.5 Å². The average Bonchev–Trinajstić information content (AvgIpc) is 2.65. The van der Waals surface area contributed by atoms with Gasteiger partial charge in [-0.25, -0.2) is 9.59 Å². The number of benzene rings is 1. The van der Waals surface area contributed by atoms with Gasteiger partial charge in [0.2, 0.25) is 0 Å². The first-order valence-corrected chi connectivity index (χ1v) is 10.4. The zero-order valence-corrected chi connectivity index (χ0v) is 20.4. The number of methoxy groups -OCH3 is 1. The second-order valence-electron chi connectivity index (χ2n) is 9.41. The van der Waals surface area contributed by atoms with Crippen LogP contribution in [0.15, 0.2) is 30.3 Å². The molecule has 0 bridgehead atoms. The van der Waals surface area contributed by atoms with Crippen LogP contribution in [0.25, 0.3) is 0 Å². The molecule has 11 heteroatoms. The molecular formula is C23H32F3NO7. The van der Waals surface area contributed by atoms with E-state index in [0.29, 0.717) is 0 Å². The first kappa shape index (κ1) is 29.4. The third-order valence-corrected chi connectivity index (χ3v) is 4.13. The van der Waals surface area contributed by atoms with E-state index in [1.807, 2.05) is 5.32 Å². The normalized spacial score (nSPS) is 15.1. The van der Waals surface area contributed by atoms with Gasteiger partial charge < -0.3 is 24.3 Å². The third-order valence-electron chi connectivity index (χ3n) is 4.13. The highest BCUT2D eigenvalue weighted by atomic mass is 19.4. The zero-order chi connectivity index (χ0) is 26.4. The van der Waals surface area contributed by atoms with Crippen molar-refractivity contribution in [2.24, 2.45) is 0 Å². The summed E-state index contributed by atoms with van der Waals surface area (Å²) in [5, 5.41) is 2.02. The first-order valence-electron chi connectivity index (χ1n) is 10.4. The van der Waals surface area contributed by atoms with Crippen LogP contribution in [0.4, 0.5) is 13.2 Å².